The van der Waals surface area contributed by atoms with Gasteiger partial charge in [0.05, 0.1) is 11.8 Å². The van der Waals surface area contributed by atoms with E-state index in [0.717, 1.165) is 10.0 Å². The molecule has 0 aliphatic rings. The van der Waals surface area contributed by atoms with Crippen molar-refractivity contribution in [1.82, 2.24) is 5.43 Å². The smallest absolute Gasteiger partial charge is 0.343 e. The fourth-order valence-electron chi connectivity index (χ4n) is 2.53. The number of ether oxygens (including phenoxy) is 2. The highest BCUT2D eigenvalue weighted by atomic mass is 79.9. The maximum atomic E-state index is 12.5. The van der Waals surface area contributed by atoms with E-state index in [1.54, 1.807) is 60.7 Å². The van der Waals surface area contributed by atoms with Crippen LogP contribution in [0.15, 0.2) is 76.3 Å². The first-order valence-electron chi connectivity index (χ1n) is 9.19. The van der Waals surface area contributed by atoms with E-state index in [9.17, 15) is 9.59 Å². The van der Waals surface area contributed by atoms with E-state index in [-0.39, 0.29) is 6.61 Å². The number of hydrazone groups is 1. The zero-order chi connectivity index (χ0) is 22.2. The number of esters is 1. The summed E-state index contributed by atoms with van der Waals surface area (Å²) in [6, 6.07) is 18.9. The summed E-state index contributed by atoms with van der Waals surface area (Å²) in [6.45, 7) is 1.68. The van der Waals surface area contributed by atoms with Gasteiger partial charge in [-0.05, 0) is 61.5 Å². The molecule has 1 N–H and O–H groups in total. The van der Waals surface area contributed by atoms with Crippen LogP contribution in [0.2, 0.25) is 5.02 Å². The standard InChI is InChI=1S/C23H18BrClN2O4/c1-15-3-2-4-16(11-15)23(29)31-21-10-5-18(24)12-17(21)13-26-27-22(28)14-30-20-8-6-19(25)7-9-20/h2-13H,14H2,1H3,(H,27,28)/b26-13-. The molecule has 0 spiro atoms. The lowest BCUT2D eigenvalue weighted by atomic mass is 10.1. The summed E-state index contributed by atoms with van der Waals surface area (Å²) in [4.78, 5) is 24.4. The van der Waals surface area contributed by atoms with Crippen molar-refractivity contribution in [1.29, 1.82) is 0 Å². The highest BCUT2D eigenvalue weighted by molar-refractivity contribution is 9.10. The Hall–Kier alpha value is -3.16. The van der Waals surface area contributed by atoms with Crippen LogP contribution in [0.5, 0.6) is 11.5 Å². The first-order chi connectivity index (χ1) is 14.9. The van der Waals surface area contributed by atoms with Crippen molar-refractivity contribution in [2.45, 2.75) is 6.92 Å². The van der Waals surface area contributed by atoms with E-state index in [4.69, 9.17) is 21.1 Å². The first-order valence-corrected chi connectivity index (χ1v) is 10.4. The normalized spacial score (nSPS) is 10.7. The van der Waals surface area contributed by atoms with Crippen LogP contribution in [0.25, 0.3) is 0 Å². The summed E-state index contributed by atoms with van der Waals surface area (Å²) in [7, 11) is 0. The number of carbonyl (C=O) groups is 2. The minimum Gasteiger partial charge on any atom is -0.484 e. The summed E-state index contributed by atoms with van der Waals surface area (Å²) in [5, 5.41) is 4.50. The first kappa shape index (κ1) is 22.5. The van der Waals surface area contributed by atoms with Crippen molar-refractivity contribution in [3.63, 3.8) is 0 Å². The van der Waals surface area contributed by atoms with Gasteiger partial charge in [-0.2, -0.15) is 5.10 Å². The SMILES string of the molecule is Cc1cccc(C(=O)Oc2ccc(Br)cc2/C=N\NC(=O)COc2ccc(Cl)cc2)c1. The quantitative estimate of drug-likeness (QED) is 0.210. The highest BCUT2D eigenvalue weighted by Crippen LogP contribution is 2.23. The molecule has 3 rings (SSSR count). The number of hydrogen-bond acceptors (Lipinski definition) is 5. The molecule has 0 bridgehead atoms. The molecule has 0 heterocycles. The average molecular weight is 502 g/mol. The van der Waals surface area contributed by atoms with Gasteiger partial charge in [-0.15, -0.1) is 0 Å². The zero-order valence-electron chi connectivity index (χ0n) is 16.5. The molecule has 0 fully saturated rings. The number of benzene rings is 3. The van der Waals surface area contributed by atoms with Crippen LogP contribution in [0.1, 0.15) is 21.5 Å². The highest BCUT2D eigenvalue weighted by Gasteiger charge is 2.12. The Balaban J connectivity index is 1.61. The topological polar surface area (TPSA) is 77.0 Å². The Kier molecular flexibility index (Phi) is 7.81. The van der Waals surface area contributed by atoms with Crippen molar-refractivity contribution in [3.8, 4) is 11.5 Å². The monoisotopic (exact) mass is 500 g/mol. The van der Waals surface area contributed by atoms with Crippen LogP contribution in [0, 0.1) is 6.92 Å². The van der Waals surface area contributed by atoms with Crippen molar-refractivity contribution < 1.29 is 19.1 Å². The summed E-state index contributed by atoms with van der Waals surface area (Å²) >= 11 is 9.18. The fraction of sp³-hybridized carbons (Fsp3) is 0.0870. The van der Waals surface area contributed by atoms with Gasteiger partial charge >= 0.3 is 5.97 Å². The summed E-state index contributed by atoms with van der Waals surface area (Å²) < 4.78 is 11.6. The van der Waals surface area contributed by atoms with E-state index in [0.29, 0.717) is 27.6 Å². The largest absolute Gasteiger partial charge is 0.484 e. The number of hydrogen-bond donors (Lipinski definition) is 1. The summed E-state index contributed by atoms with van der Waals surface area (Å²) in [6.07, 6.45) is 1.39. The predicted octanol–water partition coefficient (Wildman–Crippen LogP) is 5.16. The predicted molar refractivity (Wildman–Crippen MR) is 123 cm³/mol. The third-order valence-electron chi connectivity index (χ3n) is 4.00. The van der Waals surface area contributed by atoms with E-state index in [1.807, 2.05) is 13.0 Å². The van der Waals surface area contributed by atoms with Gasteiger partial charge in [0.25, 0.3) is 5.91 Å². The van der Waals surface area contributed by atoms with Crippen molar-refractivity contribution in [3.05, 3.63) is 92.9 Å². The third kappa shape index (κ3) is 6.94. The molecule has 0 aliphatic carbocycles. The minimum atomic E-state index is -0.485. The summed E-state index contributed by atoms with van der Waals surface area (Å²) in [5.74, 6) is -0.105. The lowest BCUT2D eigenvalue weighted by molar-refractivity contribution is -0.123. The van der Waals surface area contributed by atoms with Gasteiger partial charge in [0.15, 0.2) is 6.61 Å². The number of halogens is 2. The number of nitrogens with zero attached hydrogens (tertiary/aromatic N) is 1. The lowest BCUT2D eigenvalue weighted by Crippen LogP contribution is -2.24. The Labute approximate surface area is 193 Å². The van der Waals surface area contributed by atoms with Crippen molar-refractivity contribution in [2.75, 3.05) is 6.61 Å². The van der Waals surface area contributed by atoms with Crippen molar-refractivity contribution in [2.24, 2.45) is 5.10 Å². The van der Waals surface area contributed by atoms with E-state index in [2.05, 4.69) is 26.5 Å². The second-order valence-electron chi connectivity index (χ2n) is 6.48. The second-order valence-corrected chi connectivity index (χ2v) is 7.83. The van der Waals surface area contributed by atoms with Crippen LogP contribution in [-0.4, -0.2) is 24.7 Å². The molecule has 0 saturated carbocycles. The number of nitrogens with one attached hydrogen (secondary N) is 1. The number of aryl methyl sites for hydroxylation is 1. The molecule has 158 valence electrons. The van der Waals surface area contributed by atoms with Gasteiger partial charge in [-0.3, -0.25) is 4.79 Å². The summed E-state index contributed by atoms with van der Waals surface area (Å²) in [5.41, 5.74) is 4.28. The van der Waals surface area contributed by atoms with Gasteiger partial charge in [0.2, 0.25) is 0 Å². The third-order valence-corrected chi connectivity index (χ3v) is 4.75. The lowest BCUT2D eigenvalue weighted by Gasteiger charge is -2.09. The molecular weight excluding hydrogens is 484 g/mol. The van der Waals surface area contributed by atoms with E-state index in [1.165, 1.54) is 6.21 Å². The fourth-order valence-corrected chi connectivity index (χ4v) is 3.03. The maximum Gasteiger partial charge on any atom is 0.343 e. The van der Waals surface area contributed by atoms with Crippen LogP contribution >= 0.6 is 27.5 Å². The molecule has 31 heavy (non-hydrogen) atoms. The van der Waals surface area contributed by atoms with E-state index >= 15 is 0 Å². The Morgan fingerprint density at radius 3 is 2.61 bits per heavy atom. The molecule has 1 amide bonds. The average Bonchev–Trinajstić information content (AvgIpc) is 2.75. The van der Waals surface area contributed by atoms with Gasteiger partial charge in [-0.1, -0.05) is 45.2 Å². The molecule has 6 nitrogen and oxygen atoms in total. The van der Waals surface area contributed by atoms with Gasteiger partial charge < -0.3 is 9.47 Å². The van der Waals surface area contributed by atoms with Gasteiger partial charge in [0.1, 0.15) is 11.5 Å². The molecule has 0 atom stereocenters. The second kappa shape index (κ2) is 10.7. The maximum absolute atomic E-state index is 12.5. The number of amides is 1. The number of carbonyl (C=O) groups excluding carboxylic acids is 2. The molecule has 0 aliphatic heterocycles. The zero-order valence-corrected chi connectivity index (χ0v) is 18.8. The van der Waals surface area contributed by atoms with Gasteiger partial charge in [-0.25, -0.2) is 10.2 Å². The molecular formula is C23H18BrClN2O4. The molecule has 3 aromatic rings. The Morgan fingerprint density at radius 2 is 1.87 bits per heavy atom. The molecule has 0 unspecified atom stereocenters. The van der Waals surface area contributed by atoms with Crippen LogP contribution in [0.3, 0.4) is 0 Å². The molecule has 8 heteroatoms. The van der Waals surface area contributed by atoms with Crippen molar-refractivity contribution >= 4 is 45.6 Å². The Bertz CT molecular complexity index is 1120. The number of rotatable bonds is 7. The van der Waals surface area contributed by atoms with Crippen LogP contribution in [0.4, 0.5) is 0 Å². The molecule has 0 radical (unpaired) electrons. The van der Waals surface area contributed by atoms with Gasteiger partial charge in [0, 0.05) is 15.1 Å². The molecule has 3 aromatic carbocycles. The van der Waals surface area contributed by atoms with Crippen LogP contribution in [-0.2, 0) is 4.79 Å². The molecule has 0 aromatic heterocycles. The Morgan fingerprint density at radius 1 is 1.10 bits per heavy atom. The van der Waals surface area contributed by atoms with E-state index < -0.39 is 11.9 Å². The minimum absolute atomic E-state index is 0.216. The van der Waals surface area contributed by atoms with Crippen LogP contribution < -0.4 is 14.9 Å². The molecule has 0 saturated heterocycles.